The summed E-state index contributed by atoms with van der Waals surface area (Å²) in [5.41, 5.74) is 13.1. The lowest BCUT2D eigenvalue weighted by Gasteiger charge is -2.18. The highest BCUT2D eigenvalue weighted by Crippen LogP contribution is 2.33. The molecule has 0 aliphatic rings. The van der Waals surface area contributed by atoms with Gasteiger partial charge in [-0.05, 0) is 75.2 Å². The number of unbranched alkanes of at least 4 members (excludes halogenated alkanes) is 1. The average Bonchev–Trinajstić information content (AvgIpc) is 2.68. The molecule has 0 amide bonds. The van der Waals surface area contributed by atoms with Crippen molar-refractivity contribution in [2.45, 2.75) is 31.7 Å². The standard InChI is InChI=1S/C21H34N4O/c1-26-20-10-9-17-7-2-3-8-18(17)21(20)19(23)11-16-25-14-5-4-13-24-15-6-12-22/h2-3,7-10,19,24-25H,4-6,11-16,22-23H2,1H3. The first-order valence-electron chi connectivity index (χ1n) is 9.70. The molecule has 0 aliphatic carbocycles. The average molecular weight is 359 g/mol. The molecule has 26 heavy (non-hydrogen) atoms. The normalized spacial score (nSPS) is 12.4. The van der Waals surface area contributed by atoms with Crippen LogP contribution >= 0.6 is 0 Å². The SMILES string of the molecule is COc1ccc2ccccc2c1C(N)CCNCCCCNCCCN. The molecule has 1 atom stereocenters. The van der Waals surface area contributed by atoms with Crippen LogP contribution in [0.2, 0.25) is 0 Å². The Bertz CT molecular complexity index is 647. The lowest BCUT2D eigenvalue weighted by molar-refractivity contribution is 0.404. The van der Waals surface area contributed by atoms with Gasteiger partial charge in [-0.3, -0.25) is 0 Å². The molecule has 0 spiro atoms. The van der Waals surface area contributed by atoms with Gasteiger partial charge in [-0.1, -0.05) is 30.3 Å². The van der Waals surface area contributed by atoms with E-state index < -0.39 is 0 Å². The second kappa shape index (κ2) is 11.9. The van der Waals surface area contributed by atoms with Crippen molar-refractivity contribution in [1.29, 1.82) is 0 Å². The van der Waals surface area contributed by atoms with Gasteiger partial charge in [0, 0.05) is 11.6 Å². The first kappa shape index (κ1) is 20.6. The number of nitrogens with two attached hydrogens (primary N) is 2. The van der Waals surface area contributed by atoms with Gasteiger partial charge < -0.3 is 26.8 Å². The van der Waals surface area contributed by atoms with Gasteiger partial charge in [0.25, 0.3) is 0 Å². The van der Waals surface area contributed by atoms with Crippen LogP contribution in [0.4, 0.5) is 0 Å². The van der Waals surface area contributed by atoms with E-state index in [9.17, 15) is 0 Å². The molecule has 1 unspecified atom stereocenters. The van der Waals surface area contributed by atoms with Gasteiger partial charge in [-0.25, -0.2) is 0 Å². The molecule has 0 fully saturated rings. The number of hydrogen-bond acceptors (Lipinski definition) is 5. The quantitative estimate of drug-likeness (QED) is 0.414. The van der Waals surface area contributed by atoms with Crippen LogP contribution in [-0.4, -0.2) is 39.8 Å². The minimum absolute atomic E-state index is 0.0403. The summed E-state index contributed by atoms with van der Waals surface area (Å²) in [4.78, 5) is 0. The van der Waals surface area contributed by atoms with Crippen LogP contribution in [0.25, 0.3) is 10.8 Å². The zero-order chi connectivity index (χ0) is 18.6. The molecule has 0 radical (unpaired) electrons. The summed E-state index contributed by atoms with van der Waals surface area (Å²) in [5.74, 6) is 0.875. The second-order valence-corrected chi connectivity index (χ2v) is 6.65. The van der Waals surface area contributed by atoms with Gasteiger partial charge in [0.15, 0.2) is 0 Å². The van der Waals surface area contributed by atoms with Crippen molar-refractivity contribution >= 4 is 10.8 Å². The van der Waals surface area contributed by atoms with Crippen molar-refractivity contribution in [2.24, 2.45) is 11.5 Å². The maximum Gasteiger partial charge on any atom is 0.124 e. The number of benzene rings is 2. The molecule has 5 nitrogen and oxygen atoms in total. The summed E-state index contributed by atoms with van der Waals surface area (Å²) in [5, 5.41) is 9.30. The Hall–Kier alpha value is -1.66. The van der Waals surface area contributed by atoms with Crippen LogP contribution in [0.3, 0.4) is 0 Å². The summed E-state index contributed by atoms with van der Waals surface area (Å²) in [7, 11) is 1.71. The van der Waals surface area contributed by atoms with Gasteiger partial charge in [0.2, 0.25) is 0 Å². The molecule has 5 heteroatoms. The third-order valence-corrected chi connectivity index (χ3v) is 4.67. The topological polar surface area (TPSA) is 85.3 Å². The van der Waals surface area contributed by atoms with Crippen molar-refractivity contribution in [3.63, 3.8) is 0 Å². The summed E-state index contributed by atoms with van der Waals surface area (Å²) < 4.78 is 5.56. The smallest absolute Gasteiger partial charge is 0.124 e. The highest BCUT2D eigenvalue weighted by molar-refractivity contribution is 5.88. The highest BCUT2D eigenvalue weighted by Gasteiger charge is 2.15. The maximum atomic E-state index is 6.51. The maximum absolute atomic E-state index is 6.51. The number of nitrogens with one attached hydrogen (secondary N) is 2. The van der Waals surface area contributed by atoms with E-state index in [-0.39, 0.29) is 6.04 Å². The van der Waals surface area contributed by atoms with Crippen molar-refractivity contribution in [3.8, 4) is 5.75 Å². The van der Waals surface area contributed by atoms with Crippen LogP contribution in [0.15, 0.2) is 36.4 Å². The number of hydrogen-bond donors (Lipinski definition) is 4. The van der Waals surface area contributed by atoms with E-state index in [1.54, 1.807) is 7.11 Å². The van der Waals surface area contributed by atoms with E-state index in [1.165, 1.54) is 23.6 Å². The van der Waals surface area contributed by atoms with Crippen molar-refractivity contribution in [1.82, 2.24) is 10.6 Å². The molecule has 0 saturated carbocycles. The molecule has 2 aromatic rings. The molecular weight excluding hydrogens is 324 g/mol. The van der Waals surface area contributed by atoms with Crippen LogP contribution in [0, 0.1) is 0 Å². The summed E-state index contributed by atoms with van der Waals surface area (Å²) in [6.07, 6.45) is 4.29. The van der Waals surface area contributed by atoms with Crippen molar-refractivity contribution < 1.29 is 4.74 Å². The van der Waals surface area contributed by atoms with E-state index in [0.717, 1.165) is 56.9 Å². The van der Waals surface area contributed by atoms with Crippen LogP contribution in [0.1, 0.15) is 37.3 Å². The number of methoxy groups -OCH3 is 1. The van der Waals surface area contributed by atoms with Crippen molar-refractivity contribution in [3.05, 3.63) is 42.0 Å². The highest BCUT2D eigenvalue weighted by atomic mass is 16.5. The first-order chi connectivity index (χ1) is 12.8. The molecule has 2 aromatic carbocycles. The predicted octanol–water partition coefficient (Wildman–Crippen LogP) is 2.55. The molecule has 6 N–H and O–H groups in total. The van der Waals surface area contributed by atoms with Crippen molar-refractivity contribution in [2.75, 3.05) is 39.8 Å². The second-order valence-electron chi connectivity index (χ2n) is 6.65. The zero-order valence-corrected chi connectivity index (χ0v) is 16.0. The molecule has 0 bridgehead atoms. The molecule has 0 aliphatic heterocycles. The lowest BCUT2D eigenvalue weighted by atomic mass is 9.96. The molecular formula is C21H34N4O. The zero-order valence-electron chi connectivity index (χ0n) is 16.0. The van der Waals surface area contributed by atoms with Gasteiger partial charge in [-0.15, -0.1) is 0 Å². The Labute approximate surface area is 157 Å². The third kappa shape index (κ3) is 6.25. The molecule has 0 aromatic heterocycles. The van der Waals surface area contributed by atoms with E-state index in [1.807, 2.05) is 6.07 Å². The Balaban J connectivity index is 1.75. The fourth-order valence-electron chi connectivity index (χ4n) is 3.22. The van der Waals surface area contributed by atoms with E-state index >= 15 is 0 Å². The Morgan fingerprint density at radius 1 is 0.923 bits per heavy atom. The summed E-state index contributed by atoms with van der Waals surface area (Å²) >= 11 is 0. The van der Waals surface area contributed by atoms with E-state index in [4.69, 9.17) is 16.2 Å². The largest absolute Gasteiger partial charge is 0.496 e. The molecule has 0 saturated heterocycles. The summed E-state index contributed by atoms with van der Waals surface area (Å²) in [6, 6.07) is 12.4. The van der Waals surface area contributed by atoms with Gasteiger partial charge in [-0.2, -0.15) is 0 Å². The first-order valence-corrected chi connectivity index (χ1v) is 9.70. The van der Waals surface area contributed by atoms with Gasteiger partial charge >= 0.3 is 0 Å². The molecule has 2 rings (SSSR count). The monoisotopic (exact) mass is 358 g/mol. The molecule has 0 heterocycles. The van der Waals surface area contributed by atoms with Crippen LogP contribution in [-0.2, 0) is 0 Å². The Kier molecular flexibility index (Phi) is 9.42. The third-order valence-electron chi connectivity index (χ3n) is 4.67. The predicted molar refractivity (Wildman–Crippen MR) is 111 cm³/mol. The van der Waals surface area contributed by atoms with E-state index in [2.05, 4.69) is 41.0 Å². The lowest BCUT2D eigenvalue weighted by Crippen LogP contribution is -2.24. The number of rotatable bonds is 13. The van der Waals surface area contributed by atoms with Gasteiger partial charge in [0.05, 0.1) is 7.11 Å². The minimum atomic E-state index is -0.0403. The fraction of sp³-hybridized carbons (Fsp3) is 0.524. The van der Waals surface area contributed by atoms with E-state index in [0.29, 0.717) is 0 Å². The van der Waals surface area contributed by atoms with Gasteiger partial charge in [0.1, 0.15) is 5.75 Å². The number of ether oxygens (including phenoxy) is 1. The number of fused-ring (bicyclic) bond motifs is 1. The minimum Gasteiger partial charge on any atom is -0.496 e. The Morgan fingerprint density at radius 3 is 2.35 bits per heavy atom. The summed E-state index contributed by atoms with van der Waals surface area (Å²) in [6.45, 7) is 4.78. The fourth-order valence-corrected chi connectivity index (χ4v) is 3.22. The Morgan fingerprint density at radius 2 is 1.62 bits per heavy atom. The molecule has 144 valence electrons. The van der Waals surface area contributed by atoms with Crippen LogP contribution < -0.4 is 26.8 Å². The van der Waals surface area contributed by atoms with Crippen LogP contribution in [0.5, 0.6) is 5.75 Å².